The van der Waals surface area contributed by atoms with Gasteiger partial charge in [-0.25, -0.2) is 4.98 Å². The monoisotopic (exact) mass is 225 g/mol. The zero-order valence-corrected chi connectivity index (χ0v) is 10.2. The molecule has 1 aromatic rings. The molecule has 0 aliphatic carbocycles. The van der Waals surface area contributed by atoms with Crippen molar-refractivity contribution in [1.29, 1.82) is 0 Å². The summed E-state index contributed by atoms with van der Waals surface area (Å²) in [7, 11) is 1.80. The maximum absolute atomic E-state index is 8.70. The summed E-state index contributed by atoms with van der Waals surface area (Å²) < 4.78 is 5.29. The maximum atomic E-state index is 8.70. The SMILES string of the molecule is CNc1cc(OCCO)nc(C(C)(C)C)n1. The van der Waals surface area contributed by atoms with E-state index < -0.39 is 0 Å². The third kappa shape index (κ3) is 3.34. The lowest BCUT2D eigenvalue weighted by Crippen LogP contribution is -2.18. The number of nitrogens with one attached hydrogen (secondary N) is 1. The topological polar surface area (TPSA) is 67.3 Å². The summed E-state index contributed by atoms with van der Waals surface area (Å²) >= 11 is 0. The average Bonchev–Trinajstić information content (AvgIpc) is 2.24. The van der Waals surface area contributed by atoms with Gasteiger partial charge in [-0.05, 0) is 0 Å². The summed E-state index contributed by atoms with van der Waals surface area (Å²) in [6.07, 6.45) is 0. The Morgan fingerprint density at radius 2 is 2.06 bits per heavy atom. The van der Waals surface area contributed by atoms with Crippen molar-refractivity contribution in [2.45, 2.75) is 26.2 Å². The molecule has 5 nitrogen and oxygen atoms in total. The van der Waals surface area contributed by atoms with E-state index in [1.807, 2.05) is 20.8 Å². The van der Waals surface area contributed by atoms with Crippen LogP contribution in [0.4, 0.5) is 5.82 Å². The molecule has 2 N–H and O–H groups in total. The third-order valence-electron chi connectivity index (χ3n) is 1.97. The van der Waals surface area contributed by atoms with Gasteiger partial charge in [-0.2, -0.15) is 4.98 Å². The van der Waals surface area contributed by atoms with Crippen LogP contribution in [-0.4, -0.2) is 35.3 Å². The summed E-state index contributed by atoms with van der Waals surface area (Å²) in [5.74, 6) is 1.92. The summed E-state index contributed by atoms with van der Waals surface area (Å²) in [6, 6.07) is 1.71. The van der Waals surface area contributed by atoms with Crippen LogP contribution < -0.4 is 10.1 Å². The van der Waals surface area contributed by atoms with E-state index in [2.05, 4.69) is 15.3 Å². The molecule has 0 aromatic carbocycles. The van der Waals surface area contributed by atoms with Crippen molar-refractivity contribution in [3.8, 4) is 5.88 Å². The molecule has 0 aliphatic heterocycles. The first-order valence-electron chi connectivity index (χ1n) is 5.28. The Balaban J connectivity index is 3.01. The minimum atomic E-state index is -0.135. The molecule has 1 rings (SSSR count). The van der Waals surface area contributed by atoms with E-state index in [1.165, 1.54) is 0 Å². The van der Waals surface area contributed by atoms with Gasteiger partial charge in [0.05, 0.1) is 6.61 Å². The molecule has 0 aliphatic rings. The van der Waals surface area contributed by atoms with E-state index in [1.54, 1.807) is 13.1 Å². The zero-order chi connectivity index (χ0) is 12.2. The molecule has 0 fully saturated rings. The van der Waals surface area contributed by atoms with Gasteiger partial charge in [-0.3, -0.25) is 0 Å². The fraction of sp³-hybridized carbons (Fsp3) is 0.636. The summed E-state index contributed by atoms with van der Waals surface area (Å²) in [5.41, 5.74) is -0.135. The van der Waals surface area contributed by atoms with Gasteiger partial charge in [-0.15, -0.1) is 0 Å². The Morgan fingerprint density at radius 3 is 2.56 bits per heavy atom. The predicted octanol–water partition coefficient (Wildman–Crippen LogP) is 1.19. The molecule has 0 unspecified atom stereocenters. The second-order valence-corrected chi connectivity index (χ2v) is 4.49. The van der Waals surface area contributed by atoms with Crippen molar-refractivity contribution in [3.63, 3.8) is 0 Å². The molecule has 1 heterocycles. The molecule has 1 aromatic heterocycles. The van der Waals surface area contributed by atoms with Crippen molar-refractivity contribution >= 4 is 5.82 Å². The van der Waals surface area contributed by atoms with Crippen molar-refractivity contribution in [1.82, 2.24) is 9.97 Å². The Morgan fingerprint density at radius 1 is 1.38 bits per heavy atom. The second kappa shape index (κ2) is 5.12. The van der Waals surface area contributed by atoms with Gasteiger partial charge in [0.15, 0.2) is 0 Å². The molecule has 0 spiro atoms. The number of hydrogen-bond acceptors (Lipinski definition) is 5. The molecule has 0 saturated heterocycles. The molecule has 5 heteroatoms. The molecule has 0 bridgehead atoms. The van der Waals surface area contributed by atoms with Crippen LogP contribution >= 0.6 is 0 Å². The average molecular weight is 225 g/mol. The first-order chi connectivity index (χ1) is 7.47. The minimum Gasteiger partial charge on any atom is -0.475 e. The van der Waals surface area contributed by atoms with Crippen molar-refractivity contribution < 1.29 is 9.84 Å². The first kappa shape index (κ1) is 12.7. The van der Waals surface area contributed by atoms with Crippen LogP contribution in [0.2, 0.25) is 0 Å². The van der Waals surface area contributed by atoms with Gasteiger partial charge >= 0.3 is 0 Å². The van der Waals surface area contributed by atoms with Gasteiger partial charge < -0.3 is 15.2 Å². The first-order valence-corrected chi connectivity index (χ1v) is 5.28. The normalized spacial score (nSPS) is 11.3. The second-order valence-electron chi connectivity index (χ2n) is 4.49. The highest BCUT2D eigenvalue weighted by Crippen LogP contribution is 2.22. The Bertz CT molecular complexity index is 348. The fourth-order valence-electron chi connectivity index (χ4n) is 1.11. The Hall–Kier alpha value is -1.36. The van der Waals surface area contributed by atoms with Crippen molar-refractivity contribution in [2.24, 2.45) is 0 Å². The molecular weight excluding hydrogens is 206 g/mol. The Kier molecular flexibility index (Phi) is 4.06. The highest BCUT2D eigenvalue weighted by Gasteiger charge is 2.19. The van der Waals surface area contributed by atoms with Gasteiger partial charge in [0.1, 0.15) is 18.2 Å². The molecule has 16 heavy (non-hydrogen) atoms. The van der Waals surface area contributed by atoms with Gasteiger partial charge in [0.2, 0.25) is 5.88 Å². The number of rotatable bonds is 4. The maximum Gasteiger partial charge on any atom is 0.218 e. The van der Waals surface area contributed by atoms with Gasteiger partial charge in [-0.1, -0.05) is 20.8 Å². The number of aromatic nitrogens is 2. The van der Waals surface area contributed by atoms with Crippen LogP contribution in [0.5, 0.6) is 5.88 Å². The molecule has 0 saturated carbocycles. The van der Waals surface area contributed by atoms with E-state index >= 15 is 0 Å². The number of aliphatic hydroxyl groups is 1. The zero-order valence-electron chi connectivity index (χ0n) is 10.2. The molecule has 0 amide bonds. The van der Waals surface area contributed by atoms with Crippen LogP contribution in [-0.2, 0) is 5.41 Å². The largest absolute Gasteiger partial charge is 0.475 e. The predicted molar refractivity (Wildman–Crippen MR) is 62.9 cm³/mol. The Labute approximate surface area is 95.9 Å². The molecular formula is C11H19N3O2. The highest BCUT2D eigenvalue weighted by molar-refractivity contribution is 5.38. The minimum absolute atomic E-state index is 0.0241. The smallest absolute Gasteiger partial charge is 0.218 e. The highest BCUT2D eigenvalue weighted by atomic mass is 16.5. The number of nitrogens with zero attached hydrogens (tertiary/aromatic N) is 2. The summed E-state index contributed by atoms with van der Waals surface area (Å²) in [6.45, 7) is 6.33. The number of ether oxygens (including phenoxy) is 1. The fourth-order valence-corrected chi connectivity index (χ4v) is 1.11. The van der Waals surface area contributed by atoms with Crippen molar-refractivity contribution in [3.05, 3.63) is 11.9 Å². The van der Waals surface area contributed by atoms with Crippen LogP contribution in [0.3, 0.4) is 0 Å². The van der Waals surface area contributed by atoms with Gasteiger partial charge in [0, 0.05) is 18.5 Å². The lowest BCUT2D eigenvalue weighted by atomic mass is 9.96. The van der Waals surface area contributed by atoms with E-state index in [4.69, 9.17) is 9.84 Å². The van der Waals surface area contributed by atoms with Crippen molar-refractivity contribution in [2.75, 3.05) is 25.6 Å². The lowest BCUT2D eigenvalue weighted by molar-refractivity contribution is 0.196. The van der Waals surface area contributed by atoms with E-state index in [9.17, 15) is 0 Å². The van der Waals surface area contributed by atoms with Crippen LogP contribution in [0.15, 0.2) is 6.07 Å². The third-order valence-corrected chi connectivity index (χ3v) is 1.97. The van der Waals surface area contributed by atoms with Crippen LogP contribution in [0, 0.1) is 0 Å². The van der Waals surface area contributed by atoms with E-state index in [0.29, 0.717) is 17.5 Å². The van der Waals surface area contributed by atoms with Crippen LogP contribution in [0.1, 0.15) is 26.6 Å². The molecule has 0 radical (unpaired) electrons. The van der Waals surface area contributed by atoms with E-state index in [-0.39, 0.29) is 18.6 Å². The number of hydrogen-bond donors (Lipinski definition) is 2. The standard InChI is InChI=1S/C11H19N3O2/c1-11(2,3)10-13-8(12-4)7-9(14-10)16-6-5-15/h7,15H,5-6H2,1-4H3,(H,12,13,14). The van der Waals surface area contributed by atoms with E-state index in [0.717, 1.165) is 0 Å². The summed E-state index contributed by atoms with van der Waals surface area (Å²) in [5, 5.41) is 11.7. The quantitative estimate of drug-likeness (QED) is 0.805. The molecule has 0 atom stereocenters. The summed E-state index contributed by atoms with van der Waals surface area (Å²) in [4.78, 5) is 8.67. The van der Waals surface area contributed by atoms with Crippen LogP contribution in [0.25, 0.3) is 0 Å². The lowest BCUT2D eigenvalue weighted by Gasteiger charge is -2.18. The number of anilines is 1. The van der Waals surface area contributed by atoms with Gasteiger partial charge in [0.25, 0.3) is 0 Å². The number of aliphatic hydroxyl groups excluding tert-OH is 1. The molecule has 90 valence electrons.